The summed E-state index contributed by atoms with van der Waals surface area (Å²) in [6.45, 7) is 1.95. The van der Waals surface area contributed by atoms with E-state index in [9.17, 15) is 38.4 Å². The first-order valence-electron chi connectivity index (χ1n) is 17.2. The van der Waals surface area contributed by atoms with Crippen LogP contribution in [-0.2, 0) is 59.0 Å². The van der Waals surface area contributed by atoms with Gasteiger partial charge in [0.2, 0.25) is 0 Å². The maximum absolute atomic E-state index is 13.2. The first-order valence-corrected chi connectivity index (χ1v) is 18.8. The summed E-state index contributed by atoms with van der Waals surface area (Å²) < 4.78 is 20.1. The van der Waals surface area contributed by atoms with Crippen molar-refractivity contribution < 1.29 is 57.3 Å². The number of carbonyl (C=O) groups excluding carboxylic acids is 8. The van der Waals surface area contributed by atoms with Crippen molar-refractivity contribution in [3.63, 3.8) is 0 Å². The Kier molecular flexibility index (Phi) is 11.3. The molecule has 2 N–H and O–H groups in total. The number of amides is 4. The highest BCUT2D eigenvalue weighted by molar-refractivity contribution is 7.17. The van der Waals surface area contributed by atoms with Crippen LogP contribution < -0.4 is 10.6 Å². The van der Waals surface area contributed by atoms with Gasteiger partial charge in [-0.2, -0.15) is 0 Å². The summed E-state index contributed by atoms with van der Waals surface area (Å²) in [7, 11) is 2.51. The molecule has 2 aliphatic carbocycles. The second-order valence-corrected chi connectivity index (χ2v) is 15.6. The molecule has 0 fully saturated rings. The van der Waals surface area contributed by atoms with Crippen molar-refractivity contribution in [3.05, 3.63) is 66.9 Å². The van der Waals surface area contributed by atoms with Crippen LogP contribution >= 0.6 is 22.7 Å². The monoisotopic (exact) mass is 779 g/mol. The number of methoxy groups -OCH3 is 2. The van der Waals surface area contributed by atoms with Gasteiger partial charge in [0.25, 0.3) is 23.6 Å². The Morgan fingerprint density at radius 3 is 1.74 bits per heavy atom. The van der Waals surface area contributed by atoms with E-state index < -0.39 is 67.3 Å². The lowest BCUT2D eigenvalue weighted by molar-refractivity contribution is -0.147. The number of nitrogens with zero attached hydrogens (tertiary/aromatic N) is 1. The SMILES string of the molecule is COC(=O)c1c(NC(=O)COC(=O)c2ccc3c(c2)C(=O)N(CC(=O)OCC(=O)Nc2sc4c(c2C(=O)OC)CC[C@H](C)C4)C3=O)sc2c1CC[C@@H](C)C2. The van der Waals surface area contributed by atoms with Crippen LogP contribution in [0.25, 0.3) is 0 Å². The highest BCUT2D eigenvalue weighted by Gasteiger charge is 2.38. The van der Waals surface area contributed by atoms with Crippen molar-refractivity contribution in [1.29, 1.82) is 0 Å². The van der Waals surface area contributed by atoms with Crippen LogP contribution in [0.15, 0.2) is 18.2 Å². The number of rotatable bonds is 11. The molecule has 1 aliphatic heterocycles. The average Bonchev–Trinajstić information content (AvgIpc) is 3.76. The number of fused-ring (bicyclic) bond motifs is 3. The molecule has 6 rings (SSSR count). The molecule has 3 heterocycles. The minimum atomic E-state index is -1.05. The van der Waals surface area contributed by atoms with Gasteiger partial charge >= 0.3 is 23.9 Å². The van der Waals surface area contributed by atoms with E-state index in [1.54, 1.807) is 0 Å². The van der Waals surface area contributed by atoms with Gasteiger partial charge in [-0.25, -0.2) is 14.4 Å². The summed E-state index contributed by atoms with van der Waals surface area (Å²) in [5.41, 5.74) is 1.89. The minimum Gasteiger partial charge on any atom is -0.465 e. The fourth-order valence-corrected chi connectivity index (χ4v) is 9.57. The second-order valence-electron chi connectivity index (χ2n) is 13.4. The van der Waals surface area contributed by atoms with E-state index in [1.165, 1.54) is 49.0 Å². The molecular formula is C37H37N3O12S2. The van der Waals surface area contributed by atoms with E-state index in [0.717, 1.165) is 52.6 Å². The Hall–Kier alpha value is -5.42. The number of hydrogen-bond acceptors (Lipinski definition) is 14. The molecule has 4 amide bonds. The smallest absolute Gasteiger partial charge is 0.341 e. The van der Waals surface area contributed by atoms with Gasteiger partial charge in [-0.05, 0) is 79.7 Å². The number of anilines is 2. The summed E-state index contributed by atoms with van der Waals surface area (Å²) >= 11 is 2.55. The van der Waals surface area contributed by atoms with E-state index in [2.05, 4.69) is 24.5 Å². The molecule has 17 heteroatoms. The van der Waals surface area contributed by atoms with E-state index in [4.69, 9.17) is 18.9 Å². The lowest BCUT2D eigenvalue weighted by Gasteiger charge is -2.18. The third-order valence-electron chi connectivity index (χ3n) is 9.50. The van der Waals surface area contributed by atoms with Crippen LogP contribution in [0.1, 0.15) is 99.4 Å². The fraction of sp³-hybridized carbons (Fsp3) is 0.405. The molecule has 0 unspecified atom stereocenters. The predicted molar refractivity (Wildman–Crippen MR) is 194 cm³/mol. The molecule has 0 radical (unpaired) electrons. The maximum Gasteiger partial charge on any atom is 0.341 e. The van der Waals surface area contributed by atoms with Crippen LogP contribution in [0.4, 0.5) is 10.0 Å². The number of nitrogens with one attached hydrogen (secondary N) is 2. The molecule has 3 aliphatic rings. The summed E-state index contributed by atoms with van der Waals surface area (Å²) in [6.07, 6.45) is 4.65. The van der Waals surface area contributed by atoms with Crippen molar-refractivity contribution >= 4 is 80.2 Å². The number of ether oxygens (including phenoxy) is 4. The number of esters is 4. The molecule has 54 heavy (non-hydrogen) atoms. The molecule has 284 valence electrons. The van der Waals surface area contributed by atoms with Gasteiger partial charge in [0, 0.05) is 9.75 Å². The molecule has 0 bridgehead atoms. The van der Waals surface area contributed by atoms with Gasteiger partial charge in [-0.1, -0.05) is 13.8 Å². The summed E-state index contributed by atoms with van der Waals surface area (Å²) in [4.78, 5) is 105. The van der Waals surface area contributed by atoms with Crippen LogP contribution in [0.3, 0.4) is 0 Å². The normalized spacial score (nSPS) is 17.1. The second kappa shape index (κ2) is 15.9. The number of hydrogen-bond donors (Lipinski definition) is 2. The van der Waals surface area contributed by atoms with Gasteiger partial charge < -0.3 is 29.6 Å². The van der Waals surface area contributed by atoms with Gasteiger partial charge in [-0.15, -0.1) is 22.7 Å². The van der Waals surface area contributed by atoms with Crippen molar-refractivity contribution in [3.8, 4) is 0 Å². The van der Waals surface area contributed by atoms with Crippen LogP contribution in [0.2, 0.25) is 0 Å². The Morgan fingerprint density at radius 2 is 1.22 bits per heavy atom. The van der Waals surface area contributed by atoms with Crippen LogP contribution in [0, 0.1) is 11.8 Å². The molecule has 1 aromatic carbocycles. The molecule has 15 nitrogen and oxygen atoms in total. The molecule has 0 saturated heterocycles. The zero-order valence-corrected chi connectivity index (χ0v) is 31.5. The third-order valence-corrected chi connectivity index (χ3v) is 11.8. The zero-order chi connectivity index (χ0) is 38.8. The van der Waals surface area contributed by atoms with Crippen molar-refractivity contribution in [2.75, 3.05) is 44.6 Å². The molecule has 0 spiro atoms. The Labute approximate surface area is 317 Å². The van der Waals surface area contributed by atoms with E-state index in [-0.39, 0.29) is 22.3 Å². The fourth-order valence-electron chi connectivity index (χ4n) is 6.74. The topological polar surface area (TPSA) is 201 Å². The predicted octanol–water partition coefficient (Wildman–Crippen LogP) is 4.21. The average molecular weight is 780 g/mol. The summed E-state index contributed by atoms with van der Waals surface area (Å²) in [6, 6.07) is 3.59. The van der Waals surface area contributed by atoms with Gasteiger partial charge in [0.05, 0.1) is 42.0 Å². The van der Waals surface area contributed by atoms with Crippen LogP contribution in [0.5, 0.6) is 0 Å². The Balaban J connectivity index is 1.02. The van der Waals surface area contributed by atoms with E-state index in [1.807, 2.05) is 0 Å². The standard InChI is InChI=1S/C37H37N3O12S2/c1-17-5-8-21-24(11-17)53-31(29(21)36(47)49-3)38-26(41)15-51-28(43)14-40-33(44)20-10-7-19(13-23(20)34(40)45)35(46)52-16-27(42)39-32-30(37(48)50-4)22-9-6-18(2)12-25(22)54-32/h7,10,13,17-18H,5-6,8-9,11-12,14-16H2,1-4H3,(H,38,41)(H,39,42)/t17-,18+/m0/s1. The molecule has 3 aromatic rings. The van der Waals surface area contributed by atoms with Gasteiger partial charge in [0.1, 0.15) is 16.5 Å². The largest absolute Gasteiger partial charge is 0.465 e. The quantitative estimate of drug-likeness (QED) is 0.160. The molecule has 2 aromatic heterocycles. The minimum absolute atomic E-state index is 0.0718. The van der Waals surface area contributed by atoms with E-state index in [0.29, 0.717) is 45.1 Å². The van der Waals surface area contributed by atoms with Crippen LogP contribution in [-0.4, -0.2) is 86.4 Å². The maximum atomic E-state index is 13.2. The Morgan fingerprint density at radius 1 is 0.722 bits per heavy atom. The first-order chi connectivity index (χ1) is 25.8. The highest BCUT2D eigenvalue weighted by atomic mass is 32.1. The van der Waals surface area contributed by atoms with Crippen molar-refractivity contribution in [1.82, 2.24) is 4.90 Å². The summed E-state index contributed by atoms with van der Waals surface area (Å²) in [5, 5.41) is 5.86. The first kappa shape index (κ1) is 38.3. The van der Waals surface area contributed by atoms with E-state index >= 15 is 0 Å². The number of benzene rings is 1. The van der Waals surface area contributed by atoms with Crippen molar-refractivity contribution in [2.45, 2.75) is 52.4 Å². The molecule has 0 saturated carbocycles. The Bertz CT molecular complexity index is 2100. The summed E-state index contributed by atoms with van der Waals surface area (Å²) in [5.74, 6) is -5.43. The molecular weight excluding hydrogens is 743 g/mol. The van der Waals surface area contributed by atoms with Crippen molar-refractivity contribution in [2.24, 2.45) is 11.8 Å². The lowest BCUT2D eigenvalue weighted by atomic mass is 9.88. The lowest BCUT2D eigenvalue weighted by Crippen LogP contribution is -2.36. The third kappa shape index (κ3) is 7.77. The zero-order valence-electron chi connectivity index (χ0n) is 29.9. The molecule has 2 atom stereocenters. The number of imide groups is 1. The highest BCUT2D eigenvalue weighted by Crippen LogP contribution is 2.41. The number of thiophene rings is 2. The van der Waals surface area contributed by atoms with Gasteiger partial charge in [0.15, 0.2) is 13.2 Å². The number of carbonyl (C=O) groups is 8. The van der Waals surface area contributed by atoms with Gasteiger partial charge in [-0.3, -0.25) is 28.9 Å².